The van der Waals surface area contributed by atoms with Crippen molar-refractivity contribution < 1.29 is 4.79 Å². The first-order valence-corrected chi connectivity index (χ1v) is 9.04. The first kappa shape index (κ1) is 17.1. The van der Waals surface area contributed by atoms with E-state index in [0.29, 0.717) is 23.7 Å². The molecule has 27 heavy (non-hydrogen) atoms. The quantitative estimate of drug-likeness (QED) is 0.694. The highest BCUT2D eigenvalue weighted by molar-refractivity contribution is 6.00. The second-order valence-corrected chi connectivity index (χ2v) is 6.58. The first-order valence-electron chi connectivity index (χ1n) is 9.04. The number of amides is 1. The molecule has 3 N–H and O–H groups in total. The van der Waals surface area contributed by atoms with Gasteiger partial charge in [-0.2, -0.15) is 5.10 Å². The molecule has 0 unspecified atom stereocenters. The van der Waals surface area contributed by atoms with Gasteiger partial charge in [0, 0.05) is 18.3 Å². The van der Waals surface area contributed by atoms with Crippen LogP contribution in [0.3, 0.4) is 0 Å². The number of nitrogen functional groups attached to an aromatic ring is 1. The monoisotopic (exact) mass is 363 g/mol. The van der Waals surface area contributed by atoms with Gasteiger partial charge in [-0.1, -0.05) is 30.3 Å². The van der Waals surface area contributed by atoms with Crippen molar-refractivity contribution in [1.29, 1.82) is 0 Å². The van der Waals surface area contributed by atoms with Crippen molar-refractivity contribution in [3.05, 3.63) is 54.2 Å². The summed E-state index contributed by atoms with van der Waals surface area (Å²) in [6.45, 7) is 2.71. The van der Waals surface area contributed by atoms with E-state index < -0.39 is 0 Å². The van der Waals surface area contributed by atoms with Crippen LogP contribution in [-0.4, -0.2) is 30.6 Å². The Bertz CT molecular complexity index is 950. The molecule has 0 saturated heterocycles. The fourth-order valence-electron chi connectivity index (χ4n) is 3.18. The molecule has 1 fully saturated rings. The Labute approximate surface area is 156 Å². The van der Waals surface area contributed by atoms with E-state index in [0.717, 1.165) is 24.2 Å². The fourth-order valence-corrected chi connectivity index (χ4v) is 3.18. The maximum atomic E-state index is 13.1. The summed E-state index contributed by atoms with van der Waals surface area (Å²) >= 11 is 0. The van der Waals surface area contributed by atoms with Crippen LogP contribution in [0.4, 0.5) is 5.95 Å². The van der Waals surface area contributed by atoms with Gasteiger partial charge in [0.25, 0.3) is 5.91 Å². The van der Waals surface area contributed by atoms with Crippen molar-refractivity contribution >= 4 is 11.9 Å². The minimum atomic E-state index is -0.239. The predicted molar refractivity (Wildman–Crippen MR) is 101 cm³/mol. The Morgan fingerprint density at radius 2 is 2.07 bits per heavy atom. The molecule has 138 valence electrons. The van der Waals surface area contributed by atoms with Crippen molar-refractivity contribution in [2.75, 3.05) is 5.73 Å². The Morgan fingerprint density at radius 1 is 1.30 bits per heavy atom. The second-order valence-electron chi connectivity index (χ2n) is 6.58. The molecule has 2 heterocycles. The minimum Gasteiger partial charge on any atom is -0.368 e. The lowest BCUT2D eigenvalue weighted by molar-refractivity contribution is 0.0928. The molecule has 1 atom stereocenters. The predicted octanol–water partition coefficient (Wildman–Crippen LogP) is 2.22. The summed E-state index contributed by atoms with van der Waals surface area (Å²) in [5.41, 5.74) is 7.49. The van der Waals surface area contributed by atoms with Crippen LogP contribution < -0.4 is 11.1 Å². The summed E-state index contributed by atoms with van der Waals surface area (Å²) in [5.74, 6) is 1.05. The van der Waals surface area contributed by atoms with Crippen molar-refractivity contribution in [2.45, 2.75) is 32.4 Å². The number of aryl methyl sites for hydroxylation is 1. The molecule has 1 saturated carbocycles. The number of rotatable bonds is 6. The van der Waals surface area contributed by atoms with E-state index in [1.54, 1.807) is 0 Å². The van der Waals surface area contributed by atoms with Gasteiger partial charge in [-0.05, 0) is 25.7 Å². The van der Waals surface area contributed by atoms with Crippen LogP contribution in [0.2, 0.25) is 0 Å². The van der Waals surface area contributed by atoms with Gasteiger partial charge in [0.2, 0.25) is 5.95 Å². The van der Waals surface area contributed by atoms with Gasteiger partial charge >= 0.3 is 0 Å². The number of benzene rings is 1. The lowest BCUT2D eigenvalue weighted by Crippen LogP contribution is -2.32. The van der Waals surface area contributed by atoms with E-state index in [4.69, 9.17) is 5.73 Å². The lowest BCUT2D eigenvalue weighted by atomic mass is 10.1. The SMILES string of the molecule is CCn1ncnc1[C@H](NC(=O)c1cnc(N)nc1-c1ccccc1)C1CC1. The summed E-state index contributed by atoms with van der Waals surface area (Å²) in [4.78, 5) is 25.8. The van der Waals surface area contributed by atoms with Crippen LogP contribution in [0.15, 0.2) is 42.9 Å². The summed E-state index contributed by atoms with van der Waals surface area (Å²) in [5, 5.41) is 7.35. The molecule has 0 spiro atoms. The van der Waals surface area contributed by atoms with Crippen molar-refractivity contribution in [1.82, 2.24) is 30.0 Å². The highest BCUT2D eigenvalue weighted by Crippen LogP contribution is 2.40. The number of nitrogens with two attached hydrogens (primary N) is 1. The molecule has 1 aromatic carbocycles. The highest BCUT2D eigenvalue weighted by atomic mass is 16.1. The number of carbonyl (C=O) groups is 1. The largest absolute Gasteiger partial charge is 0.368 e. The third kappa shape index (κ3) is 3.51. The Hall–Kier alpha value is -3.29. The number of aromatic nitrogens is 5. The average Bonchev–Trinajstić information content (AvgIpc) is 3.43. The molecule has 0 bridgehead atoms. The normalized spacial score (nSPS) is 14.7. The maximum Gasteiger partial charge on any atom is 0.255 e. The molecular weight excluding hydrogens is 342 g/mol. The summed E-state index contributed by atoms with van der Waals surface area (Å²) in [6.07, 6.45) is 5.13. The topological polar surface area (TPSA) is 112 Å². The smallest absolute Gasteiger partial charge is 0.255 e. The van der Waals surface area contributed by atoms with Gasteiger partial charge in [0.1, 0.15) is 12.2 Å². The van der Waals surface area contributed by atoms with Crippen LogP contribution in [-0.2, 0) is 6.54 Å². The van der Waals surface area contributed by atoms with Gasteiger partial charge in [0.05, 0.1) is 17.3 Å². The van der Waals surface area contributed by atoms with Gasteiger partial charge in [-0.15, -0.1) is 0 Å². The van der Waals surface area contributed by atoms with E-state index in [1.807, 2.05) is 41.9 Å². The zero-order chi connectivity index (χ0) is 18.8. The molecule has 1 amide bonds. The lowest BCUT2D eigenvalue weighted by Gasteiger charge is -2.19. The van der Waals surface area contributed by atoms with Gasteiger partial charge in [0.15, 0.2) is 0 Å². The third-order valence-corrected chi connectivity index (χ3v) is 4.70. The van der Waals surface area contributed by atoms with Crippen molar-refractivity contribution in [2.24, 2.45) is 5.92 Å². The molecule has 1 aliphatic carbocycles. The van der Waals surface area contributed by atoms with Crippen LogP contribution >= 0.6 is 0 Å². The van der Waals surface area contributed by atoms with Crippen LogP contribution in [0.1, 0.15) is 42.0 Å². The molecule has 4 rings (SSSR count). The Balaban J connectivity index is 1.67. The molecule has 8 nitrogen and oxygen atoms in total. The van der Waals surface area contributed by atoms with Gasteiger partial charge in [-0.3, -0.25) is 4.79 Å². The number of hydrogen-bond acceptors (Lipinski definition) is 6. The maximum absolute atomic E-state index is 13.1. The summed E-state index contributed by atoms with van der Waals surface area (Å²) in [6, 6.07) is 9.31. The van der Waals surface area contributed by atoms with Crippen molar-refractivity contribution in [3.8, 4) is 11.3 Å². The van der Waals surface area contributed by atoms with Crippen molar-refractivity contribution in [3.63, 3.8) is 0 Å². The number of anilines is 1. The zero-order valence-corrected chi connectivity index (χ0v) is 15.0. The Kier molecular flexibility index (Phi) is 4.53. The van der Waals surface area contributed by atoms with Crippen LogP contribution in [0.25, 0.3) is 11.3 Å². The Morgan fingerprint density at radius 3 is 2.78 bits per heavy atom. The number of nitrogens with one attached hydrogen (secondary N) is 1. The number of nitrogens with zero attached hydrogens (tertiary/aromatic N) is 5. The highest BCUT2D eigenvalue weighted by Gasteiger charge is 2.37. The fraction of sp³-hybridized carbons (Fsp3) is 0.316. The van der Waals surface area contributed by atoms with Gasteiger partial charge < -0.3 is 11.1 Å². The van der Waals surface area contributed by atoms with E-state index >= 15 is 0 Å². The molecule has 2 aromatic heterocycles. The average molecular weight is 363 g/mol. The van der Waals surface area contributed by atoms with E-state index in [9.17, 15) is 4.79 Å². The van der Waals surface area contributed by atoms with Crippen LogP contribution in [0.5, 0.6) is 0 Å². The molecule has 1 aliphatic rings. The van der Waals surface area contributed by atoms with E-state index in [-0.39, 0.29) is 17.9 Å². The second kappa shape index (κ2) is 7.14. The molecule has 0 aliphatic heterocycles. The van der Waals surface area contributed by atoms with Gasteiger partial charge in [-0.25, -0.2) is 19.6 Å². The standard InChI is InChI=1S/C19H21N7O/c1-2-26-17(22-11-23-26)16(13-8-9-13)24-18(27)14-10-21-19(20)25-15(14)12-6-4-3-5-7-12/h3-7,10-11,13,16H,2,8-9H2,1H3,(H,24,27)(H2,20,21,25)/t16-/m1/s1. The number of hydrogen-bond donors (Lipinski definition) is 2. The van der Waals surface area contributed by atoms with E-state index in [1.165, 1.54) is 12.5 Å². The molecule has 3 aromatic rings. The molecule has 0 radical (unpaired) electrons. The van der Waals surface area contributed by atoms with E-state index in [2.05, 4.69) is 25.4 Å². The third-order valence-electron chi connectivity index (χ3n) is 4.70. The molecular formula is C19H21N7O. The minimum absolute atomic E-state index is 0.134. The number of carbonyl (C=O) groups excluding carboxylic acids is 1. The first-order chi connectivity index (χ1) is 13.2. The summed E-state index contributed by atoms with van der Waals surface area (Å²) < 4.78 is 1.82. The van der Waals surface area contributed by atoms with Crippen LogP contribution in [0, 0.1) is 5.92 Å². The summed E-state index contributed by atoms with van der Waals surface area (Å²) in [7, 11) is 0. The zero-order valence-electron chi connectivity index (χ0n) is 15.0. The molecule has 8 heteroatoms.